The molecule has 0 saturated carbocycles. The largest absolute Gasteiger partial charge is 0.369 e. The Kier molecular flexibility index (Phi) is 5.19. The molecule has 1 N–H and O–H groups in total. The van der Waals surface area contributed by atoms with Gasteiger partial charge in [-0.05, 0) is 36.1 Å². The Morgan fingerprint density at radius 3 is 2.29 bits per heavy atom. The highest BCUT2D eigenvalue weighted by Gasteiger charge is 2.17. The van der Waals surface area contributed by atoms with E-state index >= 15 is 0 Å². The maximum atomic E-state index is 4.68. The highest BCUT2D eigenvalue weighted by Crippen LogP contribution is 2.35. The Labute approximate surface area is 182 Å². The molecule has 2 heterocycles. The first-order chi connectivity index (χ1) is 15.3. The van der Waals surface area contributed by atoms with Gasteiger partial charge < -0.3 is 9.88 Å². The molecule has 0 saturated heterocycles. The number of hydrogen-bond acceptors (Lipinski definition) is 3. The van der Waals surface area contributed by atoms with E-state index in [0.717, 1.165) is 46.6 Å². The van der Waals surface area contributed by atoms with Crippen LogP contribution in [0.3, 0.4) is 0 Å². The molecule has 0 amide bonds. The lowest BCUT2D eigenvalue weighted by atomic mass is 10.1. The number of nitrogens with zero attached hydrogens (tertiary/aromatic N) is 3. The van der Waals surface area contributed by atoms with Gasteiger partial charge in [-0.1, -0.05) is 78.9 Å². The van der Waals surface area contributed by atoms with Gasteiger partial charge >= 0.3 is 0 Å². The number of benzene rings is 3. The van der Waals surface area contributed by atoms with E-state index in [-0.39, 0.29) is 0 Å². The topological polar surface area (TPSA) is 42.7 Å². The lowest BCUT2D eigenvalue weighted by Crippen LogP contribution is -2.07. The fourth-order valence-corrected chi connectivity index (χ4v) is 4.02. The zero-order chi connectivity index (χ0) is 21.0. The van der Waals surface area contributed by atoms with Gasteiger partial charge in [-0.3, -0.25) is 0 Å². The van der Waals surface area contributed by atoms with E-state index in [1.54, 1.807) is 6.33 Å². The zero-order valence-corrected chi connectivity index (χ0v) is 17.5. The predicted octanol–water partition coefficient (Wildman–Crippen LogP) is 6.05. The quantitative estimate of drug-likeness (QED) is 0.375. The van der Waals surface area contributed by atoms with Crippen LogP contribution in [0.1, 0.15) is 11.1 Å². The molecule has 0 atom stereocenters. The Balaban J connectivity index is 1.61. The van der Waals surface area contributed by atoms with Gasteiger partial charge in [-0.2, -0.15) is 0 Å². The molecule has 0 radical (unpaired) electrons. The van der Waals surface area contributed by atoms with Crippen LogP contribution in [0, 0.1) is 6.92 Å². The second-order valence-electron chi connectivity index (χ2n) is 7.65. The van der Waals surface area contributed by atoms with Crippen LogP contribution in [0.25, 0.3) is 27.8 Å². The molecular formula is C27H24N4. The molecule has 2 aromatic heterocycles. The Hall–Kier alpha value is -3.92. The predicted molar refractivity (Wildman–Crippen MR) is 128 cm³/mol. The van der Waals surface area contributed by atoms with Crippen LogP contribution >= 0.6 is 0 Å². The number of hydrogen-bond donors (Lipinski definition) is 1. The summed E-state index contributed by atoms with van der Waals surface area (Å²) in [5.41, 5.74) is 6.83. The molecular weight excluding hydrogens is 380 g/mol. The van der Waals surface area contributed by atoms with Gasteiger partial charge in [0, 0.05) is 24.0 Å². The molecule has 4 heteroatoms. The maximum absolute atomic E-state index is 4.68. The van der Waals surface area contributed by atoms with Crippen molar-refractivity contribution in [3.05, 3.63) is 109 Å². The summed E-state index contributed by atoms with van der Waals surface area (Å²) in [7, 11) is 0. The highest BCUT2D eigenvalue weighted by molar-refractivity contribution is 6.02. The standard InChI is InChI=1S/C27H24N4/c1-20-10-8-9-15-24(20)31-18-23(22-13-6-3-7-14-22)25-26(29-19-30-27(25)31)28-17-16-21-11-4-2-5-12-21/h2-15,18-19H,16-17H2,1H3,(H,28,29,30). The van der Waals surface area contributed by atoms with Gasteiger partial charge in [0.25, 0.3) is 0 Å². The van der Waals surface area contributed by atoms with Gasteiger partial charge in [0.2, 0.25) is 0 Å². The highest BCUT2D eigenvalue weighted by atomic mass is 15.1. The van der Waals surface area contributed by atoms with E-state index in [1.807, 2.05) is 12.1 Å². The second-order valence-corrected chi connectivity index (χ2v) is 7.65. The van der Waals surface area contributed by atoms with E-state index in [0.29, 0.717) is 0 Å². The van der Waals surface area contributed by atoms with Crippen LogP contribution in [0.2, 0.25) is 0 Å². The lowest BCUT2D eigenvalue weighted by molar-refractivity contribution is 1.00. The van der Waals surface area contributed by atoms with Crippen LogP contribution < -0.4 is 5.32 Å². The minimum atomic E-state index is 0.805. The SMILES string of the molecule is Cc1ccccc1-n1cc(-c2ccccc2)c2c(NCCc3ccccc3)ncnc21. The summed E-state index contributed by atoms with van der Waals surface area (Å²) in [4.78, 5) is 9.30. The molecule has 5 rings (SSSR count). The first-order valence-electron chi connectivity index (χ1n) is 10.6. The number of fused-ring (bicyclic) bond motifs is 1. The fraction of sp³-hybridized carbons (Fsp3) is 0.111. The summed E-state index contributed by atoms with van der Waals surface area (Å²) in [5.74, 6) is 0.868. The van der Waals surface area contributed by atoms with Crippen molar-refractivity contribution in [1.29, 1.82) is 0 Å². The number of rotatable bonds is 6. The summed E-state index contributed by atoms with van der Waals surface area (Å²) in [5, 5.41) is 4.61. The molecule has 0 aliphatic heterocycles. The van der Waals surface area contributed by atoms with Gasteiger partial charge in [0.05, 0.1) is 5.39 Å². The molecule has 0 aliphatic rings. The summed E-state index contributed by atoms with van der Waals surface area (Å²) in [6, 6.07) is 29.4. The van der Waals surface area contributed by atoms with Crippen molar-refractivity contribution in [2.24, 2.45) is 0 Å². The van der Waals surface area contributed by atoms with Crippen LogP contribution in [0.15, 0.2) is 97.5 Å². The monoisotopic (exact) mass is 404 g/mol. The number of anilines is 1. The summed E-state index contributed by atoms with van der Waals surface area (Å²) >= 11 is 0. The van der Waals surface area contributed by atoms with E-state index < -0.39 is 0 Å². The van der Waals surface area contributed by atoms with E-state index in [2.05, 4.69) is 106 Å². The van der Waals surface area contributed by atoms with Gasteiger partial charge in [0.15, 0.2) is 5.65 Å². The summed E-state index contributed by atoms with van der Waals surface area (Å²) < 4.78 is 2.18. The molecule has 31 heavy (non-hydrogen) atoms. The number of para-hydroxylation sites is 1. The Morgan fingerprint density at radius 1 is 0.806 bits per heavy atom. The van der Waals surface area contributed by atoms with Crippen LogP contribution in [-0.2, 0) is 6.42 Å². The van der Waals surface area contributed by atoms with Crippen LogP contribution in [0.5, 0.6) is 0 Å². The van der Waals surface area contributed by atoms with E-state index in [9.17, 15) is 0 Å². The average Bonchev–Trinajstić information content (AvgIpc) is 3.21. The van der Waals surface area contributed by atoms with Crippen molar-refractivity contribution in [2.45, 2.75) is 13.3 Å². The Morgan fingerprint density at radius 2 is 1.52 bits per heavy atom. The molecule has 5 aromatic rings. The third-order valence-electron chi connectivity index (χ3n) is 5.59. The van der Waals surface area contributed by atoms with Crippen LogP contribution in [0.4, 0.5) is 5.82 Å². The first-order valence-corrected chi connectivity index (χ1v) is 10.6. The third-order valence-corrected chi connectivity index (χ3v) is 5.59. The van der Waals surface area contributed by atoms with Crippen molar-refractivity contribution in [3.63, 3.8) is 0 Å². The molecule has 3 aromatic carbocycles. The lowest BCUT2D eigenvalue weighted by Gasteiger charge is -2.10. The summed E-state index contributed by atoms with van der Waals surface area (Å²) in [6.07, 6.45) is 4.77. The smallest absolute Gasteiger partial charge is 0.150 e. The van der Waals surface area contributed by atoms with Gasteiger partial charge in [-0.15, -0.1) is 0 Å². The van der Waals surface area contributed by atoms with Gasteiger partial charge in [0.1, 0.15) is 12.1 Å². The molecule has 0 bridgehead atoms. The number of aromatic nitrogens is 3. The molecule has 0 fully saturated rings. The number of aryl methyl sites for hydroxylation is 1. The average molecular weight is 405 g/mol. The first kappa shape index (κ1) is 19.1. The van der Waals surface area contributed by atoms with Crippen molar-refractivity contribution >= 4 is 16.9 Å². The van der Waals surface area contributed by atoms with E-state index in [1.165, 1.54) is 11.1 Å². The molecule has 0 aliphatic carbocycles. The second kappa shape index (κ2) is 8.44. The summed E-state index contributed by atoms with van der Waals surface area (Å²) in [6.45, 7) is 2.93. The van der Waals surface area contributed by atoms with Crippen molar-refractivity contribution in [1.82, 2.24) is 14.5 Å². The third kappa shape index (κ3) is 3.80. The zero-order valence-electron chi connectivity index (χ0n) is 17.5. The van der Waals surface area contributed by atoms with Gasteiger partial charge in [-0.25, -0.2) is 9.97 Å². The fourth-order valence-electron chi connectivity index (χ4n) is 4.02. The molecule has 0 spiro atoms. The van der Waals surface area contributed by atoms with Crippen LogP contribution in [-0.4, -0.2) is 21.1 Å². The molecule has 4 nitrogen and oxygen atoms in total. The van der Waals surface area contributed by atoms with Crippen molar-refractivity contribution in [2.75, 3.05) is 11.9 Å². The van der Waals surface area contributed by atoms with E-state index in [4.69, 9.17) is 0 Å². The van der Waals surface area contributed by atoms with Crippen molar-refractivity contribution in [3.8, 4) is 16.8 Å². The minimum absolute atomic E-state index is 0.805. The van der Waals surface area contributed by atoms with Crippen molar-refractivity contribution < 1.29 is 0 Å². The Bertz CT molecular complexity index is 1310. The number of nitrogens with one attached hydrogen (secondary N) is 1. The molecule has 152 valence electrons. The minimum Gasteiger partial charge on any atom is -0.369 e. The normalized spacial score (nSPS) is 11.0. The maximum Gasteiger partial charge on any atom is 0.150 e. The molecule has 0 unspecified atom stereocenters.